The smallest absolute Gasteiger partial charge is 0.161 e. The summed E-state index contributed by atoms with van der Waals surface area (Å²) in [7, 11) is 3.61. The van der Waals surface area contributed by atoms with Gasteiger partial charge in [0.15, 0.2) is 11.5 Å². The summed E-state index contributed by atoms with van der Waals surface area (Å²) in [5, 5.41) is 7.58. The molecule has 1 heterocycles. The molecule has 5 nitrogen and oxygen atoms in total. The molecule has 0 spiro atoms. The maximum absolute atomic E-state index is 5.99. The molecule has 0 aliphatic rings. The summed E-state index contributed by atoms with van der Waals surface area (Å²) in [6.07, 6.45) is 6.90. The van der Waals surface area contributed by atoms with Crippen molar-refractivity contribution in [3.63, 3.8) is 0 Å². The van der Waals surface area contributed by atoms with Crippen molar-refractivity contribution in [1.82, 2.24) is 15.1 Å². The molecular formula is C23H27N3O2. The summed E-state index contributed by atoms with van der Waals surface area (Å²) in [6.45, 7) is 2.23. The third kappa shape index (κ3) is 5.72. The van der Waals surface area contributed by atoms with Gasteiger partial charge < -0.3 is 14.8 Å². The van der Waals surface area contributed by atoms with Crippen LogP contribution in [0.25, 0.3) is 6.08 Å². The minimum Gasteiger partial charge on any atom is -0.493 e. The zero-order valence-electron chi connectivity index (χ0n) is 16.5. The number of aryl methyl sites for hydroxylation is 1. The van der Waals surface area contributed by atoms with Crippen LogP contribution in [0.1, 0.15) is 16.8 Å². The molecular weight excluding hydrogens is 350 g/mol. The van der Waals surface area contributed by atoms with E-state index in [0.29, 0.717) is 6.61 Å². The predicted molar refractivity (Wildman–Crippen MR) is 113 cm³/mol. The number of benzene rings is 2. The zero-order valence-corrected chi connectivity index (χ0v) is 16.5. The largest absolute Gasteiger partial charge is 0.493 e. The van der Waals surface area contributed by atoms with Gasteiger partial charge in [0, 0.05) is 19.8 Å². The van der Waals surface area contributed by atoms with E-state index >= 15 is 0 Å². The van der Waals surface area contributed by atoms with Gasteiger partial charge in [-0.2, -0.15) is 5.10 Å². The van der Waals surface area contributed by atoms with Crippen LogP contribution < -0.4 is 14.8 Å². The minimum absolute atomic E-state index is 0.526. The number of hydrogen-bond acceptors (Lipinski definition) is 4. The third-order valence-corrected chi connectivity index (χ3v) is 4.47. The van der Waals surface area contributed by atoms with E-state index in [1.54, 1.807) is 13.3 Å². The summed E-state index contributed by atoms with van der Waals surface area (Å²) in [6, 6.07) is 18.3. The number of aromatic nitrogens is 2. The van der Waals surface area contributed by atoms with E-state index < -0.39 is 0 Å². The highest BCUT2D eigenvalue weighted by atomic mass is 16.5. The molecule has 0 aliphatic heterocycles. The SMILES string of the molecule is COc1ccc(CCNC/C=C/c2ccnn2C)cc1OCc1ccccc1. The number of rotatable bonds is 10. The molecule has 0 aliphatic carbocycles. The van der Waals surface area contributed by atoms with E-state index in [0.717, 1.165) is 42.3 Å². The monoisotopic (exact) mass is 377 g/mol. The Balaban J connectivity index is 1.48. The van der Waals surface area contributed by atoms with Gasteiger partial charge in [-0.1, -0.05) is 42.5 Å². The Bertz CT molecular complexity index is 888. The first-order chi connectivity index (χ1) is 13.8. The van der Waals surface area contributed by atoms with Crippen molar-refractivity contribution < 1.29 is 9.47 Å². The Kier molecular flexibility index (Phi) is 7.27. The first-order valence-corrected chi connectivity index (χ1v) is 9.45. The van der Waals surface area contributed by atoms with Crippen molar-refractivity contribution in [3.05, 3.63) is 83.7 Å². The molecule has 3 rings (SSSR count). The van der Waals surface area contributed by atoms with Gasteiger partial charge in [0.25, 0.3) is 0 Å². The van der Waals surface area contributed by atoms with Gasteiger partial charge in [-0.3, -0.25) is 4.68 Å². The number of ether oxygens (including phenoxy) is 2. The molecule has 0 amide bonds. The van der Waals surface area contributed by atoms with E-state index in [9.17, 15) is 0 Å². The molecule has 0 fully saturated rings. The third-order valence-electron chi connectivity index (χ3n) is 4.47. The molecule has 0 saturated heterocycles. The summed E-state index contributed by atoms with van der Waals surface area (Å²) in [5.74, 6) is 1.53. The van der Waals surface area contributed by atoms with E-state index in [2.05, 4.69) is 46.8 Å². The highest BCUT2D eigenvalue weighted by Crippen LogP contribution is 2.29. The van der Waals surface area contributed by atoms with Crippen LogP contribution in [0.5, 0.6) is 11.5 Å². The number of nitrogens with one attached hydrogen (secondary N) is 1. The lowest BCUT2D eigenvalue weighted by molar-refractivity contribution is 0.284. The van der Waals surface area contributed by atoms with Crippen molar-refractivity contribution >= 4 is 6.08 Å². The van der Waals surface area contributed by atoms with E-state index in [1.807, 2.05) is 42.1 Å². The van der Waals surface area contributed by atoms with Gasteiger partial charge in [0.2, 0.25) is 0 Å². The molecule has 0 radical (unpaired) electrons. The highest BCUT2D eigenvalue weighted by Gasteiger charge is 2.06. The Morgan fingerprint density at radius 2 is 1.89 bits per heavy atom. The van der Waals surface area contributed by atoms with Gasteiger partial charge in [0.1, 0.15) is 6.61 Å². The summed E-state index contributed by atoms with van der Waals surface area (Å²) >= 11 is 0. The van der Waals surface area contributed by atoms with Crippen LogP contribution >= 0.6 is 0 Å². The number of hydrogen-bond donors (Lipinski definition) is 1. The molecule has 2 aromatic carbocycles. The highest BCUT2D eigenvalue weighted by molar-refractivity contribution is 5.44. The number of methoxy groups -OCH3 is 1. The van der Waals surface area contributed by atoms with E-state index in [4.69, 9.17) is 9.47 Å². The quantitative estimate of drug-likeness (QED) is 0.545. The molecule has 0 atom stereocenters. The lowest BCUT2D eigenvalue weighted by atomic mass is 10.1. The molecule has 146 valence electrons. The fourth-order valence-electron chi connectivity index (χ4n) is 2.87. The first kappa shape index (κ1) is 19.7. The van der Waals surface area contributed by atoms with Crippen LogP contribution in [0.3, 0.4) is 0 Å². The van der Waals surface area contributed by atoms with Gasteiger partial charge in [-0.25, -0.2) is 0 Å². The predicted octanol–water partition coefficient (Wildman–Crippen LogP) is 3.85. The van der Waals surface area contributed by atoms with Crippen molar-refractivity contribution in [2.75, 3.05) is 20.2 Å². The molecule has 3 aromatic rings. The molecule has 28 heavy (non-hydrogen) atoms. The van der Waals surface area contributed by atoms with Gasteiger partial charge >= 0.3 is 0 Å². The van der Waals surface area contributed by atoms with Crippen LogP contribution in [-0.2, 0) is 20.1 Å². The Labute approximate surface area is 166 Å². The van der Waals surface area contributed by atoms with Crippen molar-refractivity contribution in [3.8, 4) is 11.5 Å². The van der Waals surface area contributed by atoms with Crippen LogP contribution in [0.4, 0.5) is 0 Å². The normalized spacial score (nSPS) is 11.1. The molecule has 0 unspecified atom stereocenters. The molecule has 0 saturated carbocycles. The summed E-state index contributed by atoms with van der Waals surface area (Å²) < 4.78 is 13.3. The van der Waals surface area contributed by atoms with Crippen molar-refractivity contribution in [2.45, 2.75) is 13.0 Å². The van der Waals surface area contributed by atoms with Gasteiger partial charge in [-0.05, 0) is 48.4 Å². The maximum Gasteiger partial charge on any atom is 0.161 e. The maximum atomic E-state index is 5.99. The van der Waals surface area contributed by atoms with E-state index in [-0.39, 0.29) is 0 Å². The molecule has 0 bridgehead atoms. The topological polar surface area (TPSA) is 48.3 Å². The average Bonchev–Trinajstić information content (AvgIpc) is 3.14. The molecule has 5 heteroatoms. The van der Waals surface area contributed by atoms with Crippen LogP contribution in [0.2, 0.25) is 0 Å². The number of nitrogens with zero attached hydrogens (tertiary/aromatic N) is 2. The van der Waals surface area contributed by atoms with Crippen molar-refractivity contribution in [2.24, 2.45) is 7.05 Å². The fourth-order valence-corrected chi connectivity index (χ4v) is 2.87. The Morgan fingerprint density at radius 1 is 1.04 bits per heavy atom. The lowest BCUT2D eigenvalue weighted by Crippen LogP contribution is -2.17. The Morgan fingerprint density at radius 3 is 2.64 bits per heavy atom. The average molecular weight is 377 g/mol. The van der Waals surface area contributed by atoms with Crippen LogP contribution in [-0.4, -0.2) is 30.0 Å². The molecule has 1 N–H and O–H groups in total. The summed E-state index contributed by atoms with van der Waals surface area (Å²) in [5.41, 5.74) is 3.45. The standard InChI is InChI=1S/C23H27N3O2/c1-26-21(13-16-25-26)9-6-14-24-15-12-19-10-11-22(27-2)23(17-19)28-18-20-7-4-3-5-8-20/h3-11,13,16-17,24H,12,14-15,18H2,1-2H3/b9-6+. The second-order valence-electron chi connectivity index (χ2n) is 6.50. The fraction of sp³-hybridized carbons (Fsp3) is 0.261. The van der Waals surface area contributed by atoms with Crippen LogP contribution in [0, 0.1) is 0 Å². The zero-order chi connectivity index (χ0) is 19.6. The van der Waals surface area contributed by atoms with Crippen LogP contribution in [0.15, 0.2) is 66.9 Å². The second kappa shape index (κ2) is 10.3. The van der Waals surface area contributed by atoms with Gasteiger partial charge in [-0.15, -0.1) is 0 Å². The second-order valence-corrected chi connectivity index (χ2v) is 6.50. The minimum atomic E-state index is 0.526. The van der Waals surface area contributed by atoms with Crippen molar-refractivity contribution in [1.29, 1.82) is 0 Å². The summed E-state index contributed by atoms with van der Waals surface area (Å²) in [4.78, 5) is 0. The lowest BCUT2D eigenvalue weighted by Gasteiger charge is -2.12. The Hall–Kier alpha value is -3.05. The van der Waals surface area contributed by atoms with E-state index in [1.165, 1.54) is 5.56 Å². The molecule has 1 aromatic heterocycles. The first-order valence-electron chi connectivity index (χ1n) is 9.45. The van der Waals surface area contributed by atoms with Gasteiger partial charge in [0.05, 0.1) is 12.8 Å².